The number of carbonyl (C=O) groups excluding carboxylic acids is 2. The van der Waals surface area contributed by atoms with Crippen LogP contribution in [0.25, 0.3) is 5.69 Å². The molecular formula is C22H25N5O4S. The van der Waals surface area contributed by atoms with Gasteiger partial charge in [0.05, 0.1) is 17.1 Å². The van der Waals surface area contributed by atoms with E-state index in [1.54, 1.807) is 43.8 Å². The van der Waals surface area contributed by atoms with Crippen molar-refractivity contribution in [3.05, 3.63) is 72.6 Å². The van der Waals surface area contributed by atoms with Gasteiger partial charge in [0.15, 0.2) is 0 Å². The minimum atomic E-state index is -3.69. The van der Waals surface area contributed by atoms with Crippen molar-refractivity contribution in [2.24, 2.45) is 0 Å². The molecule has 0 atom stereocenters. The molecule has 10 heteroatoms. The molecule has 168 valence electrons. The highest BCUT2D eigenvalue weighted by atomic mass is 32.2. The second-order valence-electron chi connectivity index (χ2n) is 8.11. The first-order chi connectivity index (χ1) is 15.0. The smallest absolute Gasteiger partial charge is 0.251 e. The second-order valence-corrected chi connectivity index (χ2v) is 9.79. The van der Waals surface area contributed by atoms with Crippen LogP contribution in [0.2, 0.25) is 0 Å². The number of nitrogens with one attached hydrogen (secondary N) is 3. The fourth-order valence-electron chi connectivity index (χ4n) is 2.83. The van der Waals surface area contributed by atoms with E-state index < -0.39 is 27.4 Å². The number of benzene rings is 2. The third-order valence-corrected chi connectivity index (χ3v) is 5.97. The molecule has 3 rings (SSSR count). The molecule has 0 bridgehead atoms. The van der Waals surface area contributed by atoms with Gasteiger partial charge in [-0.25, -0.2) is 17.8 Å². The Hall–Kier alpha value is -3.50. The molecule has 0 saturated carbocycles. The number of aromatic nitrogens is 2. The van der Waals surface area contributed by atoms with Crippen molar-refractivity contribution in [3.63, 3.8) is 0 Å². The largest absolute Gasteiger partial charge is 0.343 e. The molecule has 0 unspecified atom stereocenters. The lowest BCUT2D eigenvalue weighted by atomic mass is 10.1. The Balaban J connectivity index is 1.53. The Morgan fingerprint density at radius 3 is 2.22 bits per heavy atom. The van der Waals surface area contributed by atoms with Crippen molar-refractivity contribution < 1.29 is 18.0 Å². The molecule has 9 nitrogen and oxygen atoms in total. The van der Waals surface area contributed by atoms with E-state index in [0.29, 0.717) is 5.69 Å². The summed E-state index contributed by atoms with van der Waals surface area (Å²) in [6.45, 7) is 4.99. The summed E-state index contributed by atoms with van der Waals surface area (Å²) < 4.78 is 28.9. The monoisotopic (exact) mass is 455 g/mol. The summed E-state index contributed by atoms with van der Waals surface area (Å²) in [6.07, 6.45) is 3.49. The molecule has 0 aliphatic carbocycles. The first-order valence-corrected chi connectivity index (χ1v) is 11.3. The Morgan fingerprint density at radius 2 is 1.66 bits per heavy atom. The van der Waals surface area contributed by atoms with Crippen molar-refractivity contribution in [1.82, 2.24) is 19.8 Å². The van der Waals surface area contributed by atoms with Crippen LogP contribution in [-0.2, 0) is 14.8 Å². The van der Waals surface area contributed by atoms with Crippen LogP contribution in [0.3, 0.4) is 0 Å². The minimum Gasteiger partial charge on any atom is -0.343 e. The van der Waals surface area contributed by atoms with Gasteiger partial charge in [0.2, 0.25) is 15.9 Å². The fraction of sp³-hybridized carbons (Fsp3) is 0.227. The average molecular weight is 456 g/mol. The SMILES string of the molecule is CC(C)(C)NS(=O)(=O)c1ccc(C(=O)NCC(=O)Nc2ccc(-n3cccn3)cc2)cc1. The molecular weight excluding hydrogens is 430 g/mol. The van der Waals surface area contributed by atoms with Gasteiger partial charge in [0, 0.05) is 29.2 Å². The molecule has 0 radical (unpaired) electrons. The Labute approximate surface area is 186 Å². The first-order valence-electron chi connectivity index (χ1n) is 9.86. The third-order valence-electron chi connectivity index (χ3n) is 4.20. The van der Waals surface area contributed by atoms with Gasteiger partial charge >= 0.3 is 0 Å². The standard InChI is InChI=1S/C22H25N5O4S/c1-22(2,3)26-32(30,31)19-11-5-16(6-12-19)21(29)23-15-20(28)25-17-7-9-18(10-8-17)27-14-4-13-24-27/h4-14,26H,15H2,1-3H3,(H,23,29)(H,25,28). The van der Waals surface area contributed by atoms with Crippen molar-refractivity contribution in [2.45, 2.75) is 31.2 Å². The van der Waals surface area contributed by atoms with Crippen LogP contribution < -0.4 is 15.4 Å². The molecule has 1 aromatic heterocycles. The predicted octanol–water partition coefficient (Wildman–Crippen LogP) is 2.32. The van der Waals surface area contributed by atoms with Crippen molar-refractivity contribution in [3.8, 4) is 5.69 Å². The number of hydrogen-bond acceptors (Lipinski definition) is 5. The summed E-state index contributed by atoms with van der Waals surface area (Å²) in [5, 5.41) is 9.35. The average Bonchev–Trinajstić information content (AvgIpc) is 3.26. The Kier molecular flexibility index (Phi) is 6.75. The number of amides is 2. The normalized spacial score (nSPS) is 11.7. The molecule has 3 N–H and O–H groups in total. The maximum atomic E-state index is 12.3. The molecule has 32 heavy (non-hydrogen) atoms. The van der Waals surface area contributed by atoms with Gasteiger partial charge in [0.1, 0.15) is 0 Å². The van der Waals surface area contributed by atoms with Gasteiger partial charge in [-0.05, 0) is 75.4 Å². The molecule has 2 aromatic carbocycles. The van der Waals surface area contributed by atoms with E-state index in [1.807, 2.05) is 24.4 Å². The Bertz CT molecular complexity index is 1180. The fourth-order valence-corrected chi connectivity index (χ4v) is 4.25. The summed E-state index contributed by atoms with van der Waals surface area (Å²) in [7, 11) is -3.69. The van der Waals surface area contributed by atoms with Gasteiger partial charge in [-0.1, -0.05) is 0 Å². The van der Waals surface area contributed by atoms with Crippen LogP contribution in [0.15, 0.2) is 71.9 Å². The lowest BCUT2D eigenvalue weighted by Gasteiger charge is -2.20. The van der Waals surface area contributed by atoms with Gasteiger partial charge < -0.3 is 10.6 Å². The lowest BCUT2D eigenvalue weighted by Crippen LogP contribution is -2.40. The third kappa shape index (κ3) is 6.25. The minimum absolute atomic E-state index is 0.0558. The lowest BCUT2D eigenvalue weighted by molar-refractivity contribution is -0.115. The topological polar surface area (TPSA) is 122 Å². The van der Waals surface area contributed by atoms with Crippen molar-refractivity contribution in [1.29, 1.82) is 0 Å². The highest BCUT2D eigenvalue weighted by Gasteiger charge is 2.22. The molecule has 0 aliphatic heterocycles. The number of hydrogen-bond donors (Lipinski definition) is 3. The summed E-state index contributed by atoms with van der Waals surface area (Å²) in [6, 6.07) is 14.4. The van der Waals surface area contributed by atoms with E-state index in [9.17, 15) is 18.0 Å². The summed E-state index contributed by atoms with van der Waals surface area (Å²) in [5.74, 6) is -0.874. The van der Waals surface area contributed by atoms with Crippen LogP contribution in [0.5, 0.6) is 0 Å². The van der Waals surface area contributed by atoms with E-state index in [2.05, 4.69) is 20.5 Å². The zero-order chi connectivity index (χ0) is 23.4. The van der Waals surface area contributed by atoms with Crippen LogP contribution >= 0.6 is 0 Å². The van der Waals surface area contributed by atoms with Gasteiger partial charge in [-0.3, -0.25) is 9.59 Å². The highest BCUT2D eigenvalue weighted by molar-refractivity contribution is 7.89. The van der Waals surface area contributed by atoms with Gasteiger partial charge in [0.25, 0.3) is 5.91 Å². The van der Waals surface area contributed by atoms with E-state index in [0.717, 1.165) is 5.69 Å². The zero-order valence-corrected chi connectivity index (χ0v) is 18.8. The summed E-state index contributed by atoms with van der Waals surface area (Å²) in [5.41, 5.74) is 1.06. The second kappa shape index (κ2) is 9.33. The number of anilines is 1. The maximum absolute atomic E-state index is 12.3. The molecule has 0 spiro atoms. The predicted molar refractivity (Wildman–Crippen MR) is 121 cm³/mol. The van der Waals surface area contributed by atoms with Crippen LogP contribution in [-0.4, -0.2) is 42.1 Å². The Morgan fingerprint density at radius 1 is 1.00 bits per heavy atom. The number of rotatable bonds is 7. The van der Waals surface area contributed by atoms with Crippen molar-refractivity contribution in [2.75, 3.05) is 11.9 Å². The molecule has 1 heterocycles. The molecule has 0 fully saturated rings. The maximum Gasteiger partial charge on any atom is 0.251 e. The number of nitrogens with zero attached hydrogens (tertiary/aromatic N) is 2. The van der Waals surface area contributed by atoms with E-state index in [4.69, 9.17) is 0 Å². The molecule has 0 aliphatic rings. The molecule has 3 aromatic rings. The first kappa shape index (κ1) is 23.2. The molecule has 2 amide bonds. The van der Waals surface area contributed by atoms with Crippen molar-refractivity contribution >= 4 is 27.5 Å². The summed E-state index contributed by atoms with van der Waals surface area (Å²) in [4.78, 5) is 24.5. The number of sulfonamides is 1. The quantitative estimate of drug-likeness (QED) is 0.505. The van der Waals surface area contributed by atoms with Gasteiger partial charge in [-0.15, -0.1) is 0 Å². The highest BCUT2D eigenvalue weighted by Crippen LogP contribution is 2.14. The van der Waals surface area contributed by atoms with E-state index in [-0.39, 0.29) is 17.0 Å². The van der Waals surface area contributed by atoms with E-state index in [1.165, 1.54) is 24.3 Å². The van der Waals surface area contributed by atoms with E-state index >= 15 is 0 Å². The van der Waals surface area contributed by atoms with Gasteiger partial charge in [-0.2, -0.15) is 5.10 Å². The van der Waals surface area contributed by atoms with Crippen LogP contribution in [0.1, 0.15) is 31.1 Å². The van der Waals surface area contributed by atoms with Crippen LogP contribution in [0.4, 0.5) is 5.69 Å². The van der Waals surface area contributed by atoms with Crippen LogP contribution in [0, 0.1) is 0 Å². The number of carbonyl (C=O) groups is 2. The zero-order valence-electron chi connectivity index (χ0n) is 18.0. The molecule has 0 saturated heterocycles. The summed E-state index contributed by atoms with van der Waals surface area (Å²) >= 11 is 0.